The number of carbonyl (C=O) groups is 1. The summed E-state index contributed by atoms with van der Waals surface area (Å²) in [6.45, 7) is 7.77. The molecule has 1 aromatic carbocycles. The predicted molar refractivity (Wildman–Crippen MR) is 89.8 cm³/mol. The molecule has 2 rings (SSSR count). The van der Waals surface area contributed by atoms with Crippen molar-refractivity contribution < 1.29 is 19.0 Å². The van der Waals surface area contributed by atoms with Gasteiger partial charge < -0.3 is 19.1 Å². The van der Waals surface area contributed by atoms with E-state index in [0.717, 1.165) is 5.56 Å². The second-order valence-electron chi connectivity index (χ2n) is 5.88. The van der Waals surface area contributed by atoms with Crippen LogP contribution in [0.3, 0.4) is 0 Å². The molecule has 5 heteroatoms. The minimum atomic E-state index is 0.00150. The van der Waals surface area contributed by atoms with Crippen molar-refractivity contribution in [1.29, 1.82) is 0 Å². The number of morpholine rings is 1. The summed E-state index contributed by atoms with van der Waals surface area (Å²) in [6.07, 6.45) is 3.56. The normalized spacial score (nSPS) is 18.5. The first-order chi connectivity index (χ1) is 11.0. The van der Waals surface area contributed by atoms with Gasteiger partial charge in [-0.15, -0.1) is 0 Å². The first-order valence-corrected chi connectivity index (χ1v) is 7.93. The number of hydrogen-bond acceptors (Lipinski definition) is 4. The second-order valence-corrected chi connectivity index (χ2v) is 5.88. The van der Waals surface area contributed by atoms with Gasteiger partial charge in [-0.3, -0.25) is 4.79 Å². The highest BCUT2D eigenvalue weighted by atomic mass is 16.5. The standard InChI is InChI=1S/C18H25NO4/c1-13(2)23-16-7-5-15(11-17(16)21-4)6-8-18(20)19-9-10-22-14(3)12-19/h5-8,11,13-14H,9-10,12H2,1-4H3/b8-6+. The quantitative estimate of drug-likeness (QED) is 0.783. The maximum atomic E-state index is 12.2. The van der Waals surface area contributed by atoms with Crippen molar-refractivity contribution in [2.45, 2.75) is 33.0 Å². The van der Waals surface area contributed by atoms with Crippen molar-refractivity contribution in [3.8, 4) is 11.5 Å². The van der Waals surface area contributed by atoms with Crippen molar-refractivity contribution in [3.63, 3.8) is 0 Å². The summed E-state index contributed by atoms with van der Waals surface area (Å²) in [5, 5.41) is 0. The molecule has 5 nitrogen and oxygen atoms in total. The molecule has 1 amide bonds. The van der Waals surface area contributed by atoms with E-state index in [1.54, 1.807) is 24.2 Å². The first-order valence-electron chi connectivity index (χ1n) is 7.93. The van der Waals surface area contributed by atoms with Crippen molar-refractivity contribution in [1.82, 2.24) is 4.90 Å². The van der Waals surface area contributed by atoms with Crippen molar-refractivity contribution >= 4 is 12.0 Å². The summed E-state index contributed by atoms with van der Waals surface area (Å²) >= 11 is 0. The molecular weight excluding hydrogens is 294 g/mol. The van der Waals surface area contributed by atoms with Gasteiger partial charge in [0.05, 0.1) is 25.9 Å². The van der Waals surface area contributed by atoms with Gasteiger partial charge in [0.2, 0.25) is 5.91 Å². The van der Waals surface area contributed by atoms with Crippen LogP contribution in [0.15, 0.2) is 24.3 Å². The molecule has 0 bridgehead atoms. The lowest BCUT2D eigenvalue weighted by Gasteiger charge is -2.30. The van der Waals surface area contributed by atoms with E-state index in [0.29, 0.717) is 31.2 Å². The Morgan fingerprint density at radius 1 is 1.39 bits per heavy atom. The van der Waals surface area contributed by atoms with Crippen LogP contribution < -0.4 is 9.47 Å². The highest BCUT2D eigenvalue weighted by molar-refractivity contribution is 5.92. The monoisotopic (exact) mass is 319 g/mol. The SMILES string of the molecule is COc1cc(/C=C/C(=O)N2CCOC(C)C2)ccc1OC(C)C. The van der Waals surface area contributed by atoms with Crippen LogP contribution in [0.5, 0.6) is 11.5 Å². The van der Waals surface area contributed by atoms with Crippen molar-refractivity contribution in [2.24, 2.45) is 0 Å². The van der Waals surface area contributed by atoms with E-state index in [2.05, 4.69) is 0 Å². The minimum Gasteiger partial charge on any atom is -0.493 e. The van der Waals surface area contributed by atoms with E-state index in [1.165, 1.54) is 0 Å². The van der Waals surface area contributed by atoms with Gasteiger partial charge in [0.25, 0.3) is 0 Å². The molecule has 0 saturated carbocycles. The van der Waals surface area contributed by atoms with Gasteiger partial charge in [0, 0.05) is 19.2 Å². The highest BCUT2D eigenvalue weighted by Gasteiger charge is 2.19. The number of nitrogens with zero attached hydrogens (tertiary/aromatic N) is 1. The number of rotatable bonds is 5. The molecule has 1 fully saturated rings. The van der Waals surface area contributed by atoms with Crippen molar-refractivity contribution in [2.75, 3.05) is 26.8 Å². The van der Waals surface area contributed by atoms with Crippen LogP contribution in [0.4, 0.5) is 0 Å². The predicted octanol–water partition coefficient (Wildman–Crippen LogP) is 2.74. The van der Waals surface area contributed by atoms with E-state index in [-0.39, 0.29) is 18.1 Å². The zero-order valence-electron chi connectivity index (χ0n) is 14.2. The molecule has 0 spiro atoms. The van der Waals surface area contributed by atoms with Gasteiger partial charge in [-0.25, -0.2) is 0 Å². The molecule has 1 aromatic rings. The molecule has 1 aliphatic heterocycles. The molecule has 1 atom stereocenters. The van der Waals surface area contributed by atoms with Gasteiger partial charge in [-0.1, -0.05) is 6.07 Å². The van der Waals surface area contributed by atoms with Gasteiger partial charge in [-0.2, -0.15) is 0 Å². The number of ether oxygens (including phenoxy) is 3. The van der Waals surface area contributed by atoms with Gasteiger partial charge in [-0.05, 0) is 44.5 Å². The fraction of sp³-hybridized carbons (Fsp3) is 0.500. The van der Waals surface area contributed by atoms with Gasteiger partial charge in [0.15, 0.2) is 11.5 Å². The molecule has 0 aliphatic carbocycles. The third-order valence-electron chi connectivity index (χ3n) is 3.52. The molecule has 23 heavy (non-hydrogen) atoms. The zero-order chi connectivity index (χ0) is 16.8. The Morgan fingerprint density at radius 3 is 2.83 bits per heavy atom. The largest absolute Gasteiger partial charge is 0.493 e. The van der Waals surface area contributed by atoms with Crippen LogP contribution >= 0.6 is 0 Å². The molecule has 126 valence electrons. The molecule has 1 aliphatic rings. The average molecular weight is 319 g/mol. The summed E-state index contributed by atoms with van der Waals surface area (Å²) < 4.78 is 16.5. The van der Waals surface area contributed by atoms with E-state index < -0.39 is 0 Å². The summed E-state index contributed by atoms with van der Waals surface area (Å²) in [6, 6.07) is 5.63. The molecule has 1 unspecified atom stereocenters. The van der Waals surface area contributed by atoms with Crippen LogP contribution in [0.25, 0.3) is 6.08 Å². The zero-order valence-corrected chi connectivity index (χ0v) is 14.2. The Hall–Kier alpha value is -2.01. The summed E-state index contributed by atoms with van der Waals surface area (Å²) in [5.41, 5.74) is 0.896. The lowest BCUT2D eigenvalue weighted by molar-refractivity contribution is -0.132. The molecule has 0 N–H and O–H groups in total. The molecule has 0 aromatic heterocycles. The number of methoxy groups -OCH3 is 1. The molecule has 1 heterocycles. The Kier molecular flexibility index (Phi) is 6.04. The van der Waals surface area contributed by atoms with Gasteiger partial charge >= 0.3 is 0 Å². The van der Waals surface area contributed by atoms with Crippen LogP contribution in [-0.4, -0.2) is 49.8 Å². The molecule has 0 radical (unpaired) electrons. The highest BCUT2D eigenvalue weighted by Crippen LogP contribution is 2.29. The smallest absolute Gasteiger partial charge is 0.246 e. The Bertz CT molecular complexity index is 568. The molecular formula is C18H25NO4. The fourth-order valence-corrected chi connectivity index (χ4v) is 2.43. The Morgan fingerprint density at radius 2 is 2.17 bits per heavy atom. The minimum absolute atomic E-state index is 0.00150. The van der Waals surface area contributed by atoms with E-state index in [9.17, 15) is 4.79 Å². The maximum absolute atomic E-state index is 12.2. The van der Waals surface area contributed by atoms with Crippen LogP contribution in [0.1, 0.15) is 26.3 Å². The van der Waals surface area contributed by atoms with E-state index in [4.69, 9.17) is 14.2 Å². The first kappa shape index (κ1) is 17.3. The lowest BCUT2D eigenvalue weighted by atomic mass is 10.1. The second kappa shape index (κ2) is 8.02. The third-order valence-corrected chi connectivity index (χ3v) is 3.52. The summed E-state index contributed by atoms with van der Waals surface area (Å²) in [4.78, 5) is 14.0. The summed E-state index contributed by atoms with van der Waals surface area (Å²) in [7, 11) is 1.61. The fourth-order valence-electron chi connectivity index (χ4n) is 2.43. The van der Waals surface area contributed by atoms with Crippen molar-refractivity contribution in [3.05, 3.63) is 29.8 Å². The van der Waals surface area contributed by atoms with Gasteiger partial charge in [0.1, 0.15) is 0 Å². The van der Waals surface area contributed by atoms with Crippen LogP contribution in [-0.2, 0) is 9.53 Å². The van der Waals surface area contributed by atoms with E-state index in [1.807, 2.05) is 39.0 Å². The van der Waals surface area contributed by atoms with Crippen LogP contribution in [0.2, 0.25) is 0 Å². The number of hydrogen-bond donors (Lipinski definition) is 0. The molecule has 1 saturated heterocycles. The number of carbonyl (C=O) groups excluding carboxylic acids is 1. The van der Waals surface area contributed by atoms with Crippen LogP contribution in [0, 0.1) is 0 Å². The Balaban J connectivity index is 2.05. The third kappa shape index (κ3) is 4.99. The van der Waals surface area contributed by atoms with E-state index >= 15 is 0 Å². The number of amides is 1. The number of benzene rings is 1. The summed E-state index contributed by atoms with van der Waals surface area (Å²) in [5.74, 6) is 1.36. The topological polar surface area (TPSA) is 48.0 Å². The average Bonchev–Trinajstić information content (AvgIpc) is 2.53. The lowest BCUT2D eigenvalue weighted by Crippen LogP contribution is -2.43. The Labute approximate surface area is 137 Å². The maximum Gasteiger partial charge on any atom is 0.246 e.